The molecule has 1 aliphatic heterocycles. The van der Waals surface area contributed by atoms with Gasteiger partial charge in [-0.25, -0.2) is 9.78 Å². The highest BCUT2D eigenvalue weighted by molar-refractivity contribution is 7.13. The topological polar surface area (TPSA) is 89.3 Å². The third-order valence-electron chi connectivity index (χ3n) is 5.09. The molecular weight excluding hydrogens is 366 g/mol. The van der Waals surface area contributed by atoms with Gasteiger partial charge in [-0.2, -0.15) is 4.68 Å². The van der Waals surface area contributed by atoms with Gasteiger partial charge in [-0.15, -0.1) is 16.4 Å². The van der Waals surface area contributed by atoms with Gasteiger partial charge < -0.3 is 14.1 Å². The van der Waals surface area contributed by atoms with Crippen LogP contribution >= 0.6 is 11.3 Å². The van der Waals surface area contributed by atoms with Crippen molar-refractivity contribution in [1.29, 1.82) is 0 Å². The van der Waals surface area contributed by atoms with Crippen LogP contribution in [-0.2, 0) is 19.6 Å². The lowest BCUT2D eigenvalue weighted by molar-refractivity contribution is -0.0395. The highest BCUT2D eigenvalue weighted by Crippen LogP contribution is 2.26. The van der Waals surface area contributed by atoms with E-state index >= 15 is 0 Å². The molecule has 9 heteroatoms. The number of imidazole rings is 1. The van der Waals surface area contributed by atoms with Gasteiger partial charge in [0.25, 0.3) is 5.89 Å². The van der Waals surface area contributed by atoms with E-state index in [9.17, 15) is 9.90 Å². The molecule has 4 heterocycles. The summed E-state index contributed by atoms with van der Waals surface area (Å²) in [5.41, 5.74) is 0.228. The number of aromatic nitrogens is 4. The van der Waals surface area contributed by atoms with Crippen molar-refractivity contribution in [3.05, 3.63) is 46.3 Å². The lowest BCUT2D eigenvalue weighted by Crippen LogP contribution is -2.47. The Balaban J connectivity index is 1.39. The molecule has 0 aromatic carbocycles. The summed E-state index contributed by atoms with van der Waals surface area (Å²) in [6.45, 7) is 5.48. The number of piperidine rings is 1. The van der Waals surface area contributed by atoms with E-state index in [-0.39, 0.29) is 6.54 Å². The fraction of sp³-hybridized carbons (Fsp3) is 0.500. The second-order valence-corrected chi connectivity index (χ2v) is 7.93. The lowest BCUT2D eigenvalue weighted by atomic mass is 9.91. The number of aliphatic hydroxyl groups is 1. The maximum atomic E-state index is 12.1. The van der Waals surface area contributed by atoms with Crippen molar-refractivity contribution in [3.8, 4) is 10.8 Å². The number of nitrogens with zero attached hydrogens (tertiary/aromatic N) is 5. The Hall–Kier alpha value is -2.23. The third-order valence-corrected chi connectivity index (χ3v) is 5.95. The molecule has 0 atom stereocenters. The smallest absolute Gasteiger partial charge is 0.388 e. The molecule has 1 saturated heterocycles. The summed E-state index contributed by atoms with van der Waals surface area (Å²) < 4.78 is 8.61. The summed E-state index contributed by atoms with van der Waals surface area (Å²) >= 11 is 1.46. The van der Waals surface area contributed by atoms with Gasteiger partial charge in [0.1, 0.15) is 0 Å². The van der Waals surface area contributed by atoms with Crippen LogP contribution in [-0.4, -0.2) is 48.0 Å². The minimum absolute atomic E-state index is 0.154. The van der Waals surface area contributed by atoms with E-state index in [4.69, 9.17) is 4.42 Å². The summed E-state index contributed by atoms with van der Waals surface area (Å²) in [5.74, 6) is -0.218. The van der Waals surface area contributed by atoms with E-state index in [1.165, 1.54) is 21.7 Å². The second kappa shape index (κ2) is 7.41. The number of aryl methyl sites for hydroxylation is 1. The van der Waals surface area contributed by atoms with Crippen LogP contribution in [0.25, 0.3) is 10.8 Å². The first-order chi connectivity index (χ1) is 13.1. The lowest BCUT2D eigenvalue weighted by Gasteiger charge is -2.37. The number of rotatable bonds is 6. The van der Waals surface area contributed by atoms with Crippen LogP contribution in [0.5, 0.6) is 0 Å². The van der Waals surface area contributed by atoms with Crippen LogP contribution in [0.2, 0.25) is 0 Å². The molecule has 0 amide bonds. The SMILES string of the molecule is CCn1cncc1CN1CCC(O)(Cn2nc(-c3cccs3)oc2=O)CC1. The molecule has 0 bridgehead atoms. The average molecular weight is 389 g/mol. The van der Waals surface area contributed by atoms with E-state index in [2.05, 4.69) is 26.5 Å². The number of thiophene rings is 1. The van der Waals surface area contributed by atoms with Gasteiger partial charge in [-0.05, 0) is 31.2 Å². The third kappa shape index (κ3) is 3.90. The molecule has 3 aromatic rings. The minimum atomic E-state index is -0.949. The van der Waals surface area contributed by atoms with Crippen LogP contribution in [0.4, 0.5) is 0 Å². The van der Waals surface area contributed by atoms with Crippen LogP contribution in [0.1, 0.15) is 25.5 Å². The molecule has 8 nitrogen and oxygen atoms in total. The van der Waals surface area contributed by atoms with Gasteiger partial charge in [0.2, 0.25) is 0 Å². The molecule has 0 unspecified atom stereocenters. The van der Waals surface area contributed by atoms with Gasteiger partial charge >= 0.3 is 5.76 Å². The summed E-state index contributed by atoms with van der Waals surface area (Å²) in [7, 11) is 0. The minimum Gasteiger partial charge on any atom is -0.388 e. The second-order valence-electron chi connectivity index (χ2n) is 6.98. The summed E-state index contributed by atoms with van der Waals surface area (Å²) in [6, 6.07) is 3.74. The van der Waals surface area contributed by atoms with Crippen molar-refractivity contribution in [2.45, 2.75) is 45.0 Å². The van der Waals surface area contributed by atoms with Crippen molar-refractivity contribution >= 4 is 11.3 Å². The van der Waals surface area contributed by atoms with Crippen LogP contribution in [0.3, 0.4) is 0 Å². The van der Waals surface area contributed by atoms with Crippen molar-refractivity contribution in [3.63, 3.8) is 0 Å². The predicted molar refractivity (Wildman–Crippen MR) is 101 cm³/mol. The fourth-order valence-corrected chi connectivity index (χ4v) is 4.11. The van der Waals surface area contributed by atoms with Gasteiger partial charge in [0.15, 0.2) is 0 Å². The molecule has 0 aliphatic carbocycles. The number of likely N-dealkylation sites (tertiary alicyclic amines) is 1. The van der Waals surface area contributed by atoms with E-state index in [0.717, 1.165) is 31.1 Å². The van der Waals surface area contributed by atoms with E-state index in [1.807, 2.05) is 30.0 Å². The zero-order valence-electron chi connectivity index (χ0n) is 15.2. The Morgan fingerprint density at radius 1 is 1.37 bits per heavy atom. The van der Waals surface area contributed by atoms with Crippen molar-refractivity contribution in [2.75, 3.05) is 13.1 Å². The standard InChI is InChI=1S/C18H23N5O3S/c1-2-22-13-19-10-14(22)11-21-7-5-18(25,6-8-21)12-23-17(24)26-16(20-23)15-4-3-9-27-15/h3-4,9-10,13,25H,2,5-8,11-12H2,1H3. The van der Waals surface area contributed by atoms with E-state index in [1.54, 1.807) is 0 Å². The van der Waals surface area contributed by atoms with Crippen molar-refractivity contribution in [1.82, 2.24) is 24.2 Å². The van der Waals surface area contributed by atoms with Crippen molar-refractivity contribution in [2.24, 2.45) is 0 Å². The van der Waals surface area contributed by atoms with Gasteiger partial charge in [-0.1, -0.05) is 6.07 Å². The maximum absolute atomic E-state index is 12.1. The first-order valence-electron chi connectivity index (χ1n) is 9.12. The fourth-order valence-electron chi connectivity index (χ4n) is 3.46. The van der Waals surface area contributed by atoms with Gasteiger partial charge in [0, 0.05) is 32.4 Å². The highest BCUT2D eigenvalue weighted by atomic mass is 32.1. The molecule has 1 aliphatic rings. The maximum Gasteiger partial charge on any atom is 0.437 e. The van der Waals surface area contributed by atoms with E-state index < -0.39 is 11.4 Å². The Morgan fingerprint density at radius 2 is 2.19 bits per heavy atom. The first-order valence-corrected chi connectivity index (χ1v) is 10.00. The molecule has 0 saturated carbocycles. The van der Waals surface area contributed by atoms with Gasteiger partial charge in [0.05, 0.1) is 29.0 Å². The first kappa shape index (κ1) is 18.1. The zero-order valence-corrected chi connectivity index (χ0v) is 16.1. The molecule has 4 rings (SSSR count). The Labute approximate surface area is 160 Å². The molecule has 0 spiro atoms. The van der Waals surface area contributed by atoms with Crippen molar-refractivity contribution < 1.29 is 9.52 Å². The Kier molecular flexibility index (Phi) is 4.98. The zero-order chi connectivity index (χ0) is 18.9. The van der Waals surface area contributed by atoms with Crippen LogP contribution < -0.4 is 5.76 Å². The van der Waals surface area contributed by atoms with Gasteiger partial charge in [-0.3, -0.25) is 4.90 Å². The predicted octanol–water partition coefficient (Wildman–Crippen LogP) is 1.81. The Bertz CT molecular complexity index is 935. The molecule has 144 valence electrons. The summed E-state index contributed by atoms with van der Waals surface area (Å²) in [6.07, 6.45) is 4.91. The molecule has 1 N–H and O–H groups in total. The highest BCUT2D eigenvalue weighted by Gasteiger charge is 2.34. The summed E-state index contributed by atoms with van der Waals surface area (Å²) in [4.78, 5) is 19.4. The normalized spacial score (nSPS) is 17.4. The quantitative estimate of drug-likeness (QED) is 0.692. The summed E-state index contributed by atoms with van der Waals surface area (Å²) in [5, 5.41) is 17.1. The number of hydrogen-bond acceptors (Lipinski definition) is 7. The number of hydrogen-bond donors (Lipinski definition) is 1. The monoisotopic (exact) mass is 389 g/mol. The van der Waals surface area contributed by atoms with E-state index in [0.29, 0.717) is 18.7 Å². The molecule has 27 heavy (non-hydrogen) atoms. The van der Waals surface area contributed by atoms with Crippen LogP contribution in [0, 0.1) is 0 Å². The molecule has 3 aromatic heterocycles. The Morgan fingerprint density at radius 3 is 2.89 bits per heavy atom. The molecule has 0 radical (unpaired) electrons. The average Bonchev–Trinajstić information content (AvgIpc) is 3.39. The molecule has 1 fully saturated rings. The van der Waals surface area contributed by atoms with Crippen LogP contribution in [0.15, 0.2) is 39.2 Å². The largest absolute Gasteiger partial charge is 0.437 e. The molecular formula is C18H23N5O3S.